The summed E-state index contributed by atoms with van der Waals surface area (Å²) in [5.41, 5.74) is 3.11. The Labute approximate surface area is 172 Å². The molecule has 29 heavy (non-hydrogen) atoms. The minimum Gasteiger partial charge on any atom is -0.299 e. The summed E-state index contributed by atoms with van der Waals surface area (Å²) in [6.07, 6.45) is 4.21. The molecule has 1 aromatic heterocycles. The standard InChI is InChI=1S/C23H21N3O2S/c1-29-16-12-10-14(11-13-16)19-20-17(8-5-9-18(20)27)24-22-21(19)23(28)26(25-22)15-6-3-2-4-7-15/h2-4,6-7,10-13,19-20,25H,5,8-9H2,1H3/t19-,20-/m1/s1. The molecule has 0 spiro atoms. The van der Waals surface area contributed by atoms with Crippen LogP contribution in [0.3, 0.4) is 0 Å². The highest BCUT2D eigenvalue weighted by atomic mass is 32.2. The van der Waals surface area contributed by atoms with Gasteiger partial charge < -0.3 is 0 Å². The van der Waals surface area contributed by atoms with Gasteiger partial charge >= 0.3 is 0 Å². The Kier molecular flexibility index (Phi) is 4.51. The molecule has 3 aromatic rings. The number of aliphatic imine (C=N–C) groups is 1. The van der Waals surface area contributed by atoms with Crippen LogP contribution in [0.5, 0.6) is 0 Å². The molecule has 1 aliphatic carbocycles. The van der Waals surface area contributed by atoms with Crippen molar-refractivity contribution < 1.29 is 4.79 Å². The molecule has 2 aliphatic rings. The van der Waals surface area contributed by atoms with Crippen molar-refractivity contribution in [2.75, 3.05) is 6.26 Å². The van der Waals surface area contributed by atoms with Crippen LogP contribution in [-0.4, -0.2) is 27.5 Å². The van der Waals surface area contributed by atoms with Crippen LogP contribution in [0.1, 0.15) is 36.3 Å². The molecular formula is C23H21N3O2S. The summed E-state index contributed by atoms with van der Waals surface area (Å²) in [6.45, 7) is 0. The summed E-state index contributed by atoms with van der Waals surface area (Å²) in [5, 5.41) is 3.19. The molecule has 0 unspecified atom stereocenters. The smallest absolute Gasteiger partial charge is 0.277 e. The molecule has 2 aromatic carbocycles. The largest absolute Gasteiger partial charge is 0.299 e. The van der Waals surface area contributed by atoms with E-state index in [-0.39, 0.29) is 23.2 Å². The summed E-state index contributed by atoms with van der Waals surface area (Å²) < 4.78 is 1.54. The lowest BCUT2D eigenvalue weighted by Crippen LogP contribution is -2.38. The van der Waals surface area contributed by atoms with E-state index < -0.39 is 0 Å². The van der Waals surface area contributed by atoms with Crippen LogP contribution in [-0.2, 0) is 4.79 Å². The van der Waals surface area contributed by atoms with Crippen molar-refractivity contribution in [3.63, 3.8) is 0 Å². The highest BCUT2D eigenvalue weighted by Crippen LogP contribution is 2.44. The number of carbonyl (C=O) groups is 1. The Hall–Kier alpha value is -2.86. The average Bonchev–Trinajstić information content (AvgIpc) is 3.09. The lowest BCUT2D eigenvalue weighted by molar-refractivity contribution is -0.121. The van der Waals surface area contributed by atoms with Crippen molar-refractivity contribution in [2.45, 2.75) is 30.1 Å². The Bertz CT molecular complexity index is 1160. The predicted octanol–water partition coefficient (Wildman–Crippen LogP) is 4.47. The van der Waals surface area contributed by atoms with E-state index in [1.54, 1.807) is 16.4 Å². The third-order valence-corrected chi connectivity index (χ3v) is 6.60. The number of hydrogen-bond acceptors (Lipinski definition) is 4. The van der Waals surface area contributed by atoms with Gasteiger partial charge in [0.2, 0.25) is 0 Å². The van der Waals surface area contributed by atoms with Crippen LogP contribution in [0.15, 0.2) is 69.3 Å². The van der Waals surface area contributed by atoms with Gasteiger partial charge in [0.05, 0.1) is 17.2 Å². The first-order valence-corrected chi connectivity index (χ1v) is 11.0. The molecule has 2 heterocycles. The van der Waals surface area contributed by atoms with E-state index in [9.17, 15) is 9.59 Å². The predicted molar refractivity (Wildman–Crippen MR) is 116 cm³/mol. The Morgan fingerprint density at radius 2 is 1.76 bits per heavy atom. The summed E-state index contributed by atoms with van der Waals surface area (Å²) in [4.78, 5) is 32.3. The van der Waals surface area contributed by atoms with E-state index in [1.165, 1.54) is 0 Å². The number of carbonyl (C=O) groups excluding carboxylic acids is 1. The van der Waals surface area contributed by atoms with E-state index in [1.807, 2.05) is 48.7 Å². The second-order valence-electron chi connectivity index (χ2n) is 7.50. The summed E-state index contributed by atoms with van der Waals surface area (Å²) in [5.74, 6) is 0.129. The molecule has 6 heteroatoms. The minimum absolute atomic E-state index is 0.133. The van der Waals surface area contributed by atoms with Crippen LogP contribution < -0.4 is 5.56 Å². The summed E-state index contributed by atoms with van der Waals surface area (Å²) in [6, 6.07) is 17.7. The Balaban J connectivity index is 1.72. The zero-order valence-electron chi connectivity index (χ0n) is 16.1. The normalized spacial score (nSPS) is 20.7. The second-order valence-corrected chi connectivity index (χ2v) is 8.38. The number of aromatic amines is 1. The van der Waals surface area contributed by atoms with Gasteiger partial charge in [0, 0.05) is 22.9 Å². The first-order chi connectivity index (χ1) is 14.2. The molecule has 5 rings (SSSR count). The minimum atomic E-state index is -0.343. The number of para-hydroxylation sites is 1. The number of Topliss-reactive ketones (excluding diaryl/α,β-unsaturated/α-hetero) is 1. The monoisotopic (exact) mass is 403 g/mol. The van der Waals surface area contributed by atoms with Gasteiger partial charge in [0.15, 0.2) is 5.82 Å². The van der Waals surface area contributed by atoms with Gasteiger partial charge in [-0.1, -0.05) is 30.3 Å². The zero-order chi connectivity index (χ0) is 20.0. The molecule has 1 aliphatic heterocycles. The number of fused-ring (bicyclic) bond motifs is 2. The molecule has 0 bridgehead atoms. The number of thioether (sulfide) groups is 1. The molecular weight excluding hydrogens is 382 g/mol. The number of benzene rings is 2. The maximum Gasteiger partial charge on any atom is 0.277 e. The third kappa shape index (κ3) is 2.99. The van der Waals surface area contributed by atoms with E-state index in [2.05, 4.69) is 17.2 Å². The molecule has 2 atom stereocenters. The maximum atomic E-state index is 13.4. The molecule has 1 N–H and O–H groups in total. The van der Waals surface area contributed by atoms with E-state index >= 15 is 0 Å². The van der Waals surface area contributed by atoms with Crippen LogP contribution in [0, 0.1) is 5.92 Å². The van der Waals surface area contributed by atoms with E-state index in [0.717, 1.165) is 34.7 Å². The number of H-pyrrole nitrogens is 1. The van der Waals surface area contributed by atoms with Gasteiger partial charge in [-0.2, -0.15) is 0 Å². The van der Waals surface area contributed by atoms with Gasteiger partial charge in [-0.25, -0.2) is 9.67 Å². The number of hydrogen-bond donors (Lipinski definition) is 1. The van der Waals surface area contributed by atoms with Gasteiger partial charge in [-0.05, 0) is 48.9 Å². The van der Waals surface area contributed by atoms with Crippen molar-refractivity contribution in [3.8, 4) is 5.69 Å². The Morgan fingerprint density at radius 3 is 2.48 bits per heavy atom. The van der Waals surface area contributed by atoms with Crippen LogP contribution in [0.2, 0.25) is 0 Å². The molecule has 146 valence electrons. The number of aromatic nitrogens is 2. The molecule has 0 amide bonds. The molecule has 0 saturated heterocycles. The van der Waals surface area contributed by atoms with Crippen LogP contribution >= 0.6 is 11.8 Å². The lowest BCUT2D eigenvalue weighted by atomic mass is 9.70. The highest BCUT2D eigenvalue weighted by Gasteiger charge is 2.43. The van der Waals surface area contributed by atoms with Crippen molar-refractivity contribution in [3.05, 3.63) is 76.1 Å². The lowest BCUT2D eigenvalue weighted by Gasteiger charge is -2.33. The summed E-state index contributed by atoms with van der Waals surface area (Å²) in [7, 11) is 0. The van der Waals surface area contributed by atoms with Gasteiger partial charge in [-0.3, -0.25) is 14.7 Å². The highest BCUT2D eigenvalue weighted by molar-refractivity contribution is 7.98. The van der Waals surface area contributed by atoms with Crippen molar-refractivity contribution in [1.29, 1.82) is 0 Å². The van der Waals surface area contributed by atoms with Crippen molar-refractivity contribution >= 4 is 29.1 Å². The number of ketones is 1. The first kappa shape index (κ1) is 18.2. The summed E-state index contributed by atoms with van der Waals surface area (Å²) >= 11 is 1.67. The van der Waals surface area contributed by atoms with Crippen molar-refractivity contribution in [2.24, 2.45) is 10.9 Å². The third-order valence-electron chi connectivity index (χ3n) is 5.86. The number of nitrogens with one attached hydrogen (secondary N) is 1. The molecule has 1 saturated carbocycles. The van der Waals surface area contributed by atoms with E-state index in [4.69, 9.17) is 4.99 Å². The SMILES string of the molecule is CSc1ccc([C@H]2c3c([nH]n(-c4ccccc4)c3=O)N=C3CCCC(=O)[C@@H]32)cc1. The fraction of sp³-hybridized carbons (Fsp3) is 0.261. The van der Waals surface area contributed by atoms with Gasteiger partial charge in [0.1, 0.15) is 5.78 Å². The fourth-order valence-electron chi connectivity index (χ4n) is 4.49. The molecule has 1 fully saturated rings. The second kappa shape index (κ2) is 7.19. The number of nitrogens with zero attached hydrogens (tertiary/aromatic N) is 2. The maximum absolute atomic E-state index is 13.4. The van der Waals surface area contributed by atoms with Gasteiger partial charge in [-0.15, -0.1) is 11.8 Å². The Morgan fingerprint density at radius 1 is 1.00 bits per heavy atom. The number of rotatable bonds is 3. The quantitative estimate of drug-likeness (QED) is 0.656. The van der Waals surface area contributed by atoms with Crippen LogP contribution in [0.4, 0.5) is 5.82 Å². The fourth-order valence-corrected chi connectivity index (χ4v) is 4.90. The van der Waals surface area contributed by atoms with Crippen LogP contribution in [0.25, 0.3) is 5.69 Å². The van der Waals surface area contributed by atoms with E-state index in [0.29, 0.717) is 17.8 Å². The average molecular weight is 404 g/mol. The first-order valence-electron chi connectivity index (χ1n) is 9.82. The molecule has 0 radical (unpaired) electrons. The topological polar surface area (TPSA) is 67.2 Å². The zero-order valence-corrected chi connectivity index (χ0v) is 16.9. The van der Waals surface area contributed by atoms with Crippen molar-refractivity contribution in [1.82, 2.24) is 9.78 Å². The molecule has 5 nitrogen and oxygen atoms in total. The van der Waals surface area contributed by atoms with Gasteiger partial charge in [0.25, 0.3) is 5.56 Å².